The minimum Gasteiger partial charge on any atom is -0.462 e. The van der Waals surface area contributed by atoms with Crippen molar-refractivity contribution >= 4 is 17.9 Å². The van der Waals surface area contributed by atoms with E-state index in [2.05, 4.69) is 93.7 Å². The minimum atomic E-state index is -0.774. The molecule has 6 nitrogen and oxygen atoms in total. The third kappa shape index (κ3) is 59.6. The molecule has 0 aromatic heterocycles. The summed E-state index contributed by atoms with van der Waals surface area (Å²) in [6, 6.07) is 0. The molecule has 0 fully saturated rings. The Morgan fingerprint density at radius 2 is 0.534 bits per heavy atom. The molecule has 0 aromatic rings. The summed E-state index contributed by atoms with van der Waals surface area (Å²) in [5.41, 5.74) is 0. The number of ether oxygens (including phenoxy) is 3. The maximum absolute atomic E-state index is 12.9. The molecule has 1 unspecified atom stereocenters. The van der Waals surface area contributed by atoms with Crippen molar-refractivity contribution in [2.45, 2.75) is 322 Å². The molecule has 0 saturated heterocycles. The average molecular weight is 1020 g/mol. The van der Waals surface area contributed by atoms with Gasteiger partial charge in [0.2, 0.25) is 0 Å². The number of esters is 3. The van der Waals surface area contributed by atoms with Crippen molar-refractivity contribution < 1.29 is 28.6 Å². The van der Waals surface area contributed by atoms with Gasteiger partial charge in [0.1, 0.15) is 13.2 Å². The van der Waals surface area contributed by atoms with Crippen molar-refractivity contribution in [2.24, 2.45) is 0 Å². The van der Waals surface area contributed by atoms with E-state index in [-0.39, 0.29) is 31.1 Å². The second-order valence-electron chi connectivity index (χ2n) is 20.9. The Bertz CT molecular complexity index is 1360. The summed E-state index contributed by atoms with van der Waals surface area (Å²) in [5.74, 6) is -0.869. The van der Waals surface area contributed by atoms with Crippen LogP contribution in [0.4, 0.5) is 0 Å². The lowest BCUT2D eigenvalue weighted by molar-refractivity contribution is -0.167. The SMILES string of the molecule is CC/C=C\C/C=C\C/C=C\C/C=C\C/C=C\CCCCCCCCCCCCCCCC(=O)OCC(COC(=O)CCCCCCCCCCC)OC(=O)CCCCCCCCC/C=C\CCCCCCCC. The molecule has 0 bridgehead atoms. The summed E-state index contributed by atoms with van der Waals surface area (Å²) in [5, 5.41) is 0. The first-order chi connectivity index (χ1) is 36.0. The van der Waals surface area contributed by atoms with Crippen molar-refractivity contribution in [1.82, 2.24) is 0 Å². The molecule has 1 atom stereocenters. The summed E-state index contributed by atoms with van der Waals surface area (Å²) >= 11 is 0. The Labute approximate surface area is 453 Å². The number of hydrogen-bond donors (Lipinski definition) is 0. The molecule has 0 saturated carbocycles. The number of allylic oxidation sites excluding steroid dienone is 12. The highest BCUT2D eigenvalue weighted by atomic mass is 16.6. The third-order valence-electron chi connectivity index (χ3n) is 13.7. The number of carbonyl (C=O) groups excluding carboxylic acids is 3. The largest absolute Gasteiger partial charge is 0.462 e. The zero-order valence-corrected chi connectivity index (χ0v) is 48.4. The van der Waals surface area contributed by atoms with Crippen LogP contribution in [0, 0.1) is 0 Å². The van der Waals surface area contributed by atoms with E-state index in [4.69, 9.17) is 14.2 Å². The van der Waals surface area contributed by atoms with Crippen molar-refractivity contribution in [1.29, 1.82) is 0 Å². The van der Waals surface area contributed by atoms with Gasteiger partial charge in [-0.3, -0.25) is 14.4 Å². The van der Waals surface area contributed by atoms with Gasteiger partial charge in [0.05, 0.1) is 0 Å². The quantitative estimate of drug-likeness (QED) is 0.0261. The summed E-state index contributed by atoms with van der Waals surface area (Å²) in [6.45, 7) is 6.53. The highest BCUT2D eigenvalue weighted by Gasteiger charge is 2.19. The van der Waals surface area contributed by atoms with Crippen molar-refractivity contribution in [3.63, 3.8) is 0 Å². The fourth-order valence-electron chi connectivity index (χ4n) is 9.00. The smallest absolute Gasteiger partial charge is 0.306 e. The van der Waals surface area contributed by atoms with Crippen molar-refractivity contribution in [2.75, 3.05) is 13.2 Å². The molecular formula is C67H118O6. The highest BCUT2D eigenvalue weighted by Crippen LogP contribution is 2.16. The third-order valence-corrected chi connectivity index (χ3v) is 13.7. The summed E-state index contributed by atoms with van der Waals surface area (Å²) < 4.78 is 16.9. The molecule has 0 N–H and O–H groups in total. The first kappa shape index (κ1) is 69.8. The molecule has 73 heavy (non-hydrogen) atoms. The van der Waals surface area contributed by atoms with Gasteiger partial charge in [0.15, 0.2) is 6.10 Å². The zero-order valence-electron chi connectivity index (χ0n) is 48.4. The van der Waals surface area contributed by atoms with Gasteiger partial charge in [-0.15, -0.1) is 0 Å². The van der Waals surface area contributed by atoms with Crippen LogP contribution in [0.2, 0.25) is 0 Å². The topological polar surface area (TPSA) is 78.9 Å². The van der Waals surface area contributed by atoms with Crippen LogP contribution in [0.1, 0.15) is 316 Å². The maximum atomic E-state index is 12.9. The lowest BCUT2D eigenvalue weighted by Crippen LogP contribution is -2.30. The molecule has 0 heterocycles. The van der Waals surface area contributed by atoms with Gasteiger partial charge >= 0.3 is 17.9 Å². The van der Waals surface area contributed by atoms with E-state index in [0.29, 0.717) is 19.3 Å². The number of carbonyl (C=O) groups is 3. The minimum absolute atomic E-state index is 0.0735. The lowest BCUT2D eigenvalue weighted by Gasteiger charge is -2.18. The predicted octanol–water partition coefficient (Wildman–Crippen LogP) is 21.3. The van der Waals surface area contributed by atoms with Crippen molar-refractivity contribution in [3.05, 3.63) is 72.9 Å². The summed E-state index contributed by atoms with van der Waals surface area (Å²) in [4.78, 5) is 38.1. The Morgan fingerprint density at radius 3 is 0.849 bits per heavy atom. The Hall–Kier alpha value is -3.15. The monoisotopic (exact) mass is 1020 g/mol. The number of rotatable bonds is 57. The van der Waals surface area contributed by atoms with Crippen LogP contribution in [-0.4, -0.2) is 37.2 Å². The van der Waals surface area contributed by atoms with Crippen molar-refractivity contribution in [3.8, 4) is 0 Å². The van der Waals surface area contributed by atoms with Crippen LogP contribution < -0.4 is 0 Å². The molecule has 422 valence electrons. The van der Waals surface area contributed by atoms with Gasteiger partial charge in [-0.25, -0.2) is 0 Å². The first-order valence-corrected chi connectivity index (χ1v) is 31.4. The zero-order chi connectivity index (χ0) is 52.9. The van der Waals surface area contributed by atoms with E-state index in [1.807, 2.05) is 0 Å². The molecular weight excluding hydrogens is 901 g/mol. The molecule has 6 heteroatoms. The molecule has 0 amide bonds. The number of unbranched alkanes of at least 4 members (excludes halogenated alkanes) is 34. The van der Waals surface area contributed by atoms with Gasteiger partial charge in [-0.1, -0.05) is 280 Å². The van der Waals surface area contributed by atoms with E-state index in [1.54, 1.807) is 0 Å². The van der Waals surface area contributed by atoms with E-state index in [0.717, 1.165) is 89.9 Å². The number of hydrogen-bond acceptors (Lipinski definition) is 6. The van der Waals surface area contributed by atoms with Crippen LogP contribution >= 0.6 is 0 Å². The van der Waals surface area contributed by atoms with Gasteiger partial charge in [-0.2, -0.15) is 0 Å². The van der Waals surface area contributed by atoms with Gasteiger partial charge in [-0.05, 0) is 89.9 Å². The van der Waals surface area contributed by atoms with E-state index >= 15 is 0 Å². The first-order valence-electron chi connectivity index (χ1n) is 31.4. The summed E-state index contributed by atoms with van der Waals surface area (Å²) in [7, 11) is 0. The molecule has 0 aromatic carbocycles. The maximum Gasteiger partial charge on any atom is 0.306 e. The molecule has 0 aliphatic carbocycles. The van der Waals surface area contributed by atoms with Crippen LogP contribution in [0.5, 0.6) is 0 Å². The van der Waals surface area contributed by atoms with E-state index in [1.165, 1.54) is 186 Å². The fourth-order valence-corrected chi connectivity index (χ4v) is 9.00. The highest BCUT2D eigenvalue weighted by molar-refractivity contribution is 5.71. The standard InChI is InChI=1S/C67H118O6/c1-4-7-10-13-16-19-21-23-25-27-28-29-30-31-32-33-34-35-36-37-38-40-41-43-45-48-51-54-57-60-66(69)72-63-64(62-71-65(68)59-56-53-50-47-18-15-12-9-6-3)73-67(70)61-58-55-52-49-46-44-42-39-26-24-22-20-17-14-11-8-5-2/h7,10,16,19,23-26,28-29,31-32,64H,4-6,8-9,11-15,17-18,20-22,27,30,33-63H2,1-3H3/b10-7-,19-16-,25-23-,26-24-,29-28-,32-31-. The Balaban J connectivity index is 4.16. The van der Waals surface area contributed by atoms with Crippen LogP contribution in [0.15, 0.2) is 72.9 Å². The predicted molar refractivity (Wildman–Crippen MR) is 316 cm³/mol. The van der Waals surface area contributed by atoms with Crippen LogP contribution in [0.25, 0.3) is 0 Å². The second kappa shape index (κ2) is 61.4. The molecule has 0 radical (unpaired) electrons. The van der Waals surface area contributed by atoms with E-state index < -0.39 is 6.10 Å². The Kier molecular flexibility index (Phi) is 58.7. The molecule has 0 aliphatic heterocycles. The fraction of sp³-hybridized carbons (Fsp3) is 0.776. The van der Waals surface area contributed by atoms with E-state index in [9.17, 15) is 14.4 Å². The molecule has 0 spiro atoms. The Morgan fingerprint density at radius 1 is 0.288 bits per heavy atom. The normalized spacial score (nSPS) is 12.5. The van der Waals surface area contributed by atoms with Gasteiger partial charge in [0.25, 0.3) is 0 Å². The van der Waals surface area contributed by atoms with Gasteiger partial charge in [0, 0.05) is 19.3 Å². The summed E-state index contributed by atoms with van der Waals surface area (Å²) in [6.07, 6.45) is 79.2. The van der Waals surface area contributed by atoms with Crippen LogP contribution in [0.3, 0.4) is 0 Å². The van der Waals surface area contributed by atoms with Crippen LogP contribution in [-0.2, 0) is 28.6 Å². The molecule has 0 aliphatic rings. The second-order valence-corrected chi connectivity index (χ2v) is 20.9. The van der Waals surface area contributed by atoms with Gasteiger partial charge < -0.3 is 14.2 Å². The molecule has 0 rings (SSSR count). The average Bonchev–Trinajstić information content (AvgIpc) is 3.39. The lowest BCUT2D eigenvalue weighted by atomic mass is 10.0.